The molecule has 3 aliphatic rings. The summed E-state index contributed by atoms with van der Waals surface area (Å²) in [6, 6.07) is 6.74. The van der Waals surface area contributed by atoms with Gasteiger partial charge in [-0.1, -0.05) is 19.9 Å². The molecule has 1 saturated carbocycles. The smallest absolute Gasteiger partial charge is 0.115 e. The van der Waals surface area contributed by atoms with E-state index in [1.54, 1.807) is 0 Å². The van der Waals surface area contributed by atoms with Gasteiger partial charge in [0.2, 0.25) is 0 Å². The molecule has 1 N–H and O–H groups in total. The molecule has 2 heteroatoms. The van der Waals surface area contributed by atoms with Crippen LogP contribution in [0.5, 0.6) is 5.75 Å². The summed E-state index contributed by atoms with van der Waals surface area (Å²) in [7, 11) is 0. The van der Waals surface area contributed by atoms with Gasteiger partial charge in [-0.15, -0.1) is 0 Å². The van der Waals surface area contributed by atoms with Crippen LogP contribution < -0.4 is 0 Å². The van der Waals surface area contributed by atoms with Gasteiger partial charge in [-0.05, 0) is 72.7 Å². The monoisotopic (exact) mass is 271 g/mol. The number of piperidine rings is 1. The molecule has 3 atom stereocenters. The minimum absolute atomic E-state index is 0.247. The highest BCUT2D eigenvalue weighted by Gasteiger charge is 2.48. The van der Waals surface area contributed by atoms with Gasteiger partial charge in [0.25, 0.3) is 0 Å². The molecule has 1 aromatic carbocycles. The minimum Gasteiger partial charge on any atom is -0.508 e. The summed E-state index contributed by atoms with van der Waals surface area (Å²) in [5.74, 6) is 2.09. The number of likely N-dealkylation sites (tertiary alicyclic amines) is 1. The summed E-state index contributed by atoms with van der Waals surface area (Å²) >= 11 is 0. The molecule has 2 bridgehead atoms. The van der Waals surface area contributed by atoms with Crippen LogP contribution in [0.25, 0.3) is 0 Å². The molecule has 1 unspecified atom stereocenters. The average molecular weight is 271 g/mol. The van der Waals surface area contributed by atoms with Crippen molar-refractivity contribution in [1.82, 2.24) is 4.90 Å². The van der Waals surface area contributed by atoms with Crippen LogP contribution in [-0.2, 0) is 11.8 Å². The lowest BCUT2D eigenvalue weighted by molar-refractivity contribution is 0.0283. The number of nitrogens with zero attached hydrogens (tertiary/aromatic N) is 1. The Morgan fingerprint density at radius 2 is 2.15 bits per heavy atom. The maximum Gasteiger partial charge on any atom is 0.115 e. The number of hydrogen-bond donors (Lipinski definition) is 1. The summed E-state index contributed by atoms with van der Waals surface area (Å²) in [4.78, 5) is 2.76. The summed E-state index contributed by atoms with van der Waals surface area (Å²) < 4.78 is 0. The van der Waals surface area contributed by atoms with Crippen molar-refractivity contribution in [2.45, 2.75) is 51.0 Å². The highest BCUT2D eigenvalue weighted by Crippen LogP contribution is 2.49. The minimum atomic E-state index is 0.247. The highest BCUT2D eigenvalue weighted by molar-refractivity contribution is 5.44. The van der Waals surface area contributed by atoms with Crippen molar-refractivity contribution in [2.75, 3.05) is 13.1 Å². The van der Waals surface area contributed by atoms with E-state index < -0.39 is 0 Å². The van der Waals surface area contributed by atoms with E-state index in [9.17, 15) is 5.11 Å². The fraction of sp³-hybridized carbons (Fsp3) is 0.667. The molecule has 1 aliphatic heterocycles. The lowest BCUT2D eigenvalue weighted by Gasteiger charge is -2.54. The van der Waals surface area contributed by atoms with Crippen LogP contribution in [-0.4, -0.2) is 29.1 Å². The third kappa shape index (κ3) is 1.81. The Morgan fingerprint density at radius 1 is 1.35 bits per heavy atom. The lowest BCUT2D eigenvalue weighted by Crippen LogP contribution is -2.58. The largest absolute Gasteiger partial charge is 0.508 e. The zero-order valence-corrected chi connectivity index (χ0v) is 12.6. The van der Waals surface area contributed by atoms with Crippen molar-refractivity contribution >= 4 is 0 Å². The van der Waals surface area contributed by atoms with E-state index in [-0.39, 0.29) is 5.41 Å². The van der Waals surface area contributed by atoms with Gasteiger partial charge in [0.15, 0.2) is 0 Å². The van der Waals surface area contributed by atoms with E-state index in [2.05, 4.69) is 24.8 Å². The van der Waals surface area contributed by atoms with Crippen molar-refractivity contribution in [1.29, 1.82) is 0 Å². The number of aromatic hydroxyl groups is 1. The molecule has 0 radical (unpaired) electrons. The van der Waals surface area contributed by atoms with Gasteiger partial charge in [-0.3, -0.25) is 4.90 Å². The van der Waals surface area contributed by atoms with E-state index in [4.69, 9.17) is 0 Å². The van der Waals surface area contributed by atoms with E-state index >= 15 is 0 Å². The molecule has 2 nitrogen and oxygen atoms in total. The lowest BCUT2D eigenvalue weighted by atomic mass is 9.59. The second-order valence-corrected chi connectivity index (χ2v) is 7.51. The number of phenolic OH excluding ortho intramolecular Hbond substituents is 1. The maximum atomic E-state index is 9.85. The highest BCUT2D eigenvalue weighted by atomic mass is 16.3. The number of phenols is 1. The maximum absolute atomic E-state index is 9.85. The molecule has 2 aliphatic carbocycles. The van der Waals surface area contributed by atoms with E-state index in [0.29, 0.717) is 17.7 Å². The molecule has 1 heterocycles. The fourth-order valence-corrected chi connectivity index (χ4v) is 4.55. The van der Waals surface area contributed by atoms with Crippen LogP contribution in [0.15, 0.2) is 18.2 Å². The first-order chi connectivity index (χ1) is 9.58. The molecule has 1 saturated heterocycles. The molecule has 20 heavy (non-hydrogen) atoms. The predicted octanol–water partition coefficient (Wildman–Crippen LogP) is 3.33. The Labute approximate surface area is 121 Å². The molecule has 1 aromatic rings. The van der Waals surface area contributed by atoms with Crippen LogP contribution in [0.2, 0.25) is 0 Å². The third-order valence-corrected chi connectivity index (χ3v) is 6.30. The Bertz CT molecular complexity index is 536. The van der Waals surface area contributed by atoms with Crippen molar-refractivity contribution < 1.29 is 5.11 Å². The molecule has 2 fully saturated rings. The quantitative estimate of drug-likeness (QED) is 0.892. The van der Waals surface area contributed by atoms with Crippen molar-refractivity contribution in [2.24, 2.45) is 11.8 Å². The average Bonchev–Trinajstić information content (AvgIpc) is 3.22. The molecule has 108 valence electrons. The van der Waals surface area contributed by atoms with Gasteiger partial charge >= 0.3 is 0 Å². The first-order valence-electron chi connectivity index (χ1n) is 8.14. The predicted molar refractivity (Wildman–Crippen MR) is 81.0 cm³/mol. The Kier molecular flexibility index (Phi) is 2.69. The number of benzene rings is 1. The molecular weight excluding hydrogens is 246 g/mol. The van der Waals surface area contributed by atoms with E-state index in [1.165, 1.54) is 49.9 Å². The number of hydrogen-bond acceptors (Lipinski definition) is 2. The standard InChI is InChI=1S/C18H25NO/c1-12-17-9-14-5-6-15(20)10-16(14)18(12,2)7-8-19(17)11-13-3-4-13/h5-6,10,12-13,17,20H,3-4,7-9,11H2,1-2H3/t12-,17?,18+/m1/s1. The molecule has 0 aromatic heterocycles. The number of fused-ring (bicyclic) bond motifs is 4. The number of rotatable bonds is 2. The second kappa shape index (κ2) is 4.24. The van der Waals surface area contributed by atoms with Crippen molar-refractivity contribution in [3.63, 3.8) is 0 Å². The summed E-state index contributed by atoms with van der Waals surface area (Å²) in [6.45, 7) is 7.39. The summed E-state index contributed by atoms with van der Waals surface area (Å²) in [5.41, 5.74) is 3.12. The van der Waals surface area contributed by atoms with Gasteiger partial charge in [0.05, 0.1) is 0 Å². The Hall–Kier alpha value is -1.02. The topological polar surface area (TPSA) is 23.5 Å². The van der Waals surface area contributed by atoms with Crippen LogP contribution in [0.1, 0.15) is 44.2 Å². The second-order valence-electron chi connectivity index (χ2n) is 7.51. The van der Waals surface area contributed by atoms with Gasteiger partial charge in [-0.25, -0.2) is 0 Å². The molecule has 0 spiro atoms. The van der Waals surface area contributed by atoms with Crippen LogP contribution >= 0.6 is 0 Å². The van der Waals surface area contributed by atoms with Crippen molar-refractivity contribution in [3.8, 4) is 5.75 Å². The van der Waals surface area contributed by atoms with E-state index in [0.717, 1.165) is 5.92 Å². The molecule has 0 amide bonds. The van der Waals surface area contributed by atoms with Crippen molar-refractivity contribution in [3.05, 3.63) is 29.3 Å². The zero-order valence-electron chi connectivity index (χ0n) is 12.6. The summed E-state index contributed by atoms with van der Waals surface area (Å²) in [6.07, 6.45) is 5.28. The van der Waals surface area contributed by atoms with Crippen LogP contribution in [0.4, 0.5) is 0 Å². The van der Waals surface area contributed by atoms with E-state index in [1.807, 2.05) is 12.1 Å². The van der Waals surface area contributed by atoms with Gasteiger partial charge < -0.3 is 5.11 Å². The molecule has 4 rings (SSSR count). The SMILES string of the molecule is C[C@@H]1C2Cc3ccc(O)cc3[C@@]1(C)CCN2CC1CC1. The normalized spacial score (nSPS) is 36.7. The fourth-order valence-electron chi connectivity index (χ4n) is 4.55. The Morgan fingerprint density at radius 3 is 2.90 bits per heavy atom. The third-order valence-electron chi connectivity index (χ3n) is 6.30. The van der Waals surface area contributed by atoms with Gasteiger partial charge in [0, 0.05) is 12.6 Å². The zero-order chi connectivity index (χ0) is 13.9. The Balaban J connectivity index is 1.71. The first-order valence-corrected chi connectivity index (χ1v) is 8.14. The molecular formula is C18H25NO. The van der Waals surface area contributed by atoms with Crippen LogP contribution in [0.3, 0.4) is 0 Å². The summed E-state index contributed by atoms with van der Waals surface area (Å²) in [5, 5.41) is 9.85. The van der Waals surface area contributed by atoms with Gasteiger partial charge in [0.1, 0.15) is 5.75 Å². The first kappa shape index (κ1) is 12.7. The van der Waals surface area contributed by atoms with Crippen LogP contribution in [0, 0.1) is 11.8 Å². The van der Waals surface area contributed by atoms with Gasteiger partial charge in [-0.2, -0.15) is 0 Å².